The van der Waals surface area contributed by atoms with E-state index in [-0.39, 0.29) is 11.7 Å². The molecule has 1 aromatic carbocycles. The van der Waals surface area contributed by atoms with Gasteiger partial charge in [0.25, 0.3) is 0 Å². The minimum Gasteiger partial charge on any atom is -0.507 e. The van der Waals surface area contributed by atoms with Gasteiger partial charge in [0.15, 0.2) is 0 Å². The van der Waals surface area contributed by atoms with E-state index in [2.05, 4.69) is 15.3 Å². The Morgan fingerprint density at radius 3 is 2.43 bits per heavy atom. The van der Waals surface area contributed by atoms with Crippen molar-refractivity contribution in [1.29, 1.82) is 0 Å². The molecule has 2 fully saturated rings. The zero-order valence-electron chi connectivity index (χ0n) is 15.8. The van der Waals surface area contributed by atoms with Gasteiger partial charge < -0.3 is 31.3 Å². The fraction of sp³-hybridized carbons (Fsp3) is 0.500. The Bertz CT molecular complexity index is 831. The number of hydrogen-bond acceptors (Lipinski definition) is 8. The smallest absolute Gasteiger partial charge is 0.222 e. The van der Waals surface area contributed by atoms with Crippen molar-refractivity contribution in [3.8, 4) is 17.0 Å². The molecule has 0 bridgehead atoms. The van der Waals surface area contributed by atoms with Crippen LogP contribution in [0.15, 0.2) is 24.3 Å². The molecule has 150 valence electrons. The van der Waals surface area contributed by atoms with Gasteiger partial charge in [-0.25, -0.2) is 4.98 Å². The Morgan fingerprint density at radius 1 is 1.00 bits per heavy atom. The number of nitrogens with two attached hydrogens (primary N) is 1. The maximum Gasteiger partial charge on any atom is 0.222 e. The second kappa shape index (κ2) is 7.81. The quantitative estimate of drug-likeness (QED) is 0.538. The average Bonchev–Trinajstić information content (AvgIpc) is 3.01. The van der Waals surface area contributed by atoms with E-state index in [1.807, 2.05) is 4.90 Å². The molecule has 0 spiro atoms. The summed E-state index contributed by atoms with van der Waals surface area (Å²) in [5.41, 5.74) is 7.79. The molecule has 28 heavy (non-hydrogen) atoms. The summed E-state index contributed by atoms with van der Waals surface area (Å²) in [4.78, 5) is 10.5. The molecule has 6 N–H and O–H groups in total. The van der Waals surface area contributed by atoms with Gasteiger partial charge in [-0.3, -0.25) is 0 Å². The van der Waals surface area contributed by atoms with Crippen molar-refractivity contribution in [2.75, 3.05) is 29.0 Å². The monoisotopic (exact) mass is 385 g/mol. The van der Waals surface area contributed by atoms with E-state index < -0.39 is 12.2 Å². The molecule has 1 saturated heterocycles. The second-order valence-corrected chi connectivity index (χ2v) is 7.72. The van der Waals surface area contributed by atoms with Crippen LogP contribution in [-0.4, -0.2) is 56.6 Å². The molecular weight excluding hydrogens is 358 g/mol. The summed E-state index contributed by atoms with van der Waals surface area (Å²) in [6, 6.07) is 7.33. The Hall–Kier alpha value is -2.58. The molecule has 0 amide bonds. The molecule has 8 heteroatoms. The zero-order valence-corrected chi connectivity index (χ0v) is 15.8. The van der Waals surface area contributed by atoms with Crippen molar-refractivity contribution >= 4 is 17.5 Å². The Kier molecular flexibility index (Phi) is 5.23. The first-order valence-corrected chi connectivity index (χ1v) is 9.85. The van der Waals surface area contributed by atoms with Crippen LogP contribution in [0.3, 0.4) is 0 Å². The summed E-state index contributed by atoms with van der Waals surface area (Å²) in [5.74, 6) is 0.893. The third kappa shape index (κ3) is 3.98. The maximum absolute atomic E-state index is 10.4. The molecular formula is C20H27N5O3. The van der Waals surface area contributed by atoms with Gasteiger partial charge >= 0.3 is 0 Å². The number of aromatic hydroxyl groups is 1. The lowest BCUT2D eigenvalue weighted by Gasteiger charge is -2.23. The topological polar surface area (TPSA) is 128 Å². The van der Waals surface area contributed by atoms with Crippen molar-refractivity contribution in [1.82, 2.24) is 9.97 Å². The van der Waals surface area contributed by atoms with Crippen molar-refractivity contribution < 1.29 is 15.3 Å². The van der Waals surface area contributed by atoms with Crippen LogP contribution in [-0.2, 0) is 0 Å². The van der Waals surface area contributed by atoms with E-state index in [1.165, 1.54) is 19.3 Å². The number of β-amino-alcohol motifs (C(OH)–C–C–N with tert-alkyl or cyclic N) is 2. The third-order valence-corrected chi connectivity index (χ3v) is 5.58. The molecule has 2 aliphatic rings. The fourth-order valence-corrected chi connectivity index (χ4v) is 4.04. The molecule has 1 aliphatic carbocycles. The lowest BCUT2D eigenvalue weighted by atomic mass is 9.95. The fourth-order valence-electron chi connectivity index (χ4n) is 4.04. The average molecular weight is 385 g/mol. The van der Waals surface area contributed by atoms with Gasteiger partial charge in [-0.1, -0.05) is 19.3 Å². The number of rotatable bonds is 4. The van der Waals surface area contributed by atoms with Crippen molar-refractivity contribution in [3.63, 3.8) is 0 Å². The lowest BCUT2D eigenvalue weighted by Crippen LogP contribution is -2.23. The van der Waals surface area contributed by atoms with Gasteiger partial charge in [-0.05, 0) is 31.0 Å². The molecule has 2 aromatic rings. The number of hydrogen-bond donors (Lipinski definition) is 5. The number of nitrogens with one attached hydrogen (secondary N) is 1. The van der Waals surface area contributed by atoms with Crippen LogP contribution in [0.5, 0.6) is 5.75 Å². The first-order valence-electron chi connectivity index (χ1n) is 9.85. The van der Waals surface area contributed by atoms with Crippen molar-refractivity contribution in [2.24, 2.45) is 0 Å². The van der Waals surface area contributed by atoms with Crippen LogP contribution in [0.4, 0.5) is 17.5 Å². The number of phenols is 1. The van der Waals surface area contributed by atoms with Gasteiger partial charge in [-0.15, -0.1) is 0 Å². The highest BCUT2D eigenvalue weighted by atomic mass is 16.3. The SMILES string of the molecule is Nc1nc(NC2CCCCC2)cc(-c2cc(N3C[C@H](O)[C@@H](O)C3)ccc2O)n1. The lowest BCUT2D eigenvalue weighted by molar-refractivity contribution is 0.0572. The molecule has 0 unspecified atom stereocenters. The number of nitrogen functional groups attached to an aromatic ring is 1. The minimum atomic E-state index is -0.779. The zero-order chi connectivity index (χ0) is 19.7. The highest BCUT2D eigenvalue weighted by Gasteiger charge is 2.30. The number of aliphatic hydroxyl groups is 2. The third-order valence-electron chi connectivity index (χ3n) is 5.58. The number of aromatic nitrogens is 2. The highest BCUT2D eigenvalue weighted by molar-refractivity contribution is 5.74. The van der Waals surface area contributed by atoms with E-state index >= 15 is 0 Å². The summed E-state index contributed by atoms with van der Waals surface area (Å²) in [7, 11) is 0. The first-order chi connectivity index (χ1) is 13.5. The number of benzene rings is 1. The van der Waals surface area contributed by atoms with E-state index in [1.54, 1.807) is 24.3 Å². The second-order valence-electron chi connectivity index (χ2n) is 7.72. The van der Waals surface area contributed by atoms with E-state index in [9.17, 15) is 15.3 Å². The molecule has 1 aliphatic heterocycles. The maximum atomic E-state index is 10.4. The normalized spacial score (nSPS) is 23.1. The minimum absolute atomic E-state index is 0.0887. The van der Waals surface area contributed by atoms with Crippen LogP contribution in [0.25, 0.3) is 11.3 Å². The van der Waals surface area contributed by atoms with Crippen LogP contribution >= 0.6 is 0 Å². The van der Waals surface area contributed by atoms with E-state index in [0.717, 1.165) is 18.5 Å². The molecule has 1 saturated carbocycles. The van der Waals surface area contributed by atoms with Gasteiger partial charge in [0, 0.05) is 36.4 Å². The Morgan fingerprint density at radius 2 is 1.71 bits per heavy atom. The number of phenolic OH excluding ortho intramolecular Hbond substituents is 1. The van der Waals surface area contributed by atoms with Crippen LogP contribution < -0.4 is 16.0 Å². The number of nitrogens with zero attached hydrogens (tertiary/aromatic N) is 3. The summed E-state index contributed by atoms with van der Waals surface area (Å²) < 4.78 is 0. The molecule has 4 rings (SSSR count). The first kappa shape index (κ1) is 18.8. The van der Waals surface area contributed by atoms with Crippen LogP contribution in [0.2, 0.25) is 0 Å². The summed E-state index contributed by atoms with van der Waals surface area (Å²) in [5, 5.41) is 33.5. The Balaban J connectivity index is 1.62. The molecule has 2 heterocycles. The van der Waals surface area contributed by atoms with E-state index in [0.29, 0.717) is 36.2 Å². The van der Waals surface area contributed by atoms with E-state index in [4.69, 9.17) is 5.73 Å². The predicted molar refractivity (Wildman–Crippen MR) is 108 cm³/mol. The number of anilines is 3. The van der Waals surface area contributed by atoms with Crippen LogP contribution in [0, 0.1) is 0 Å². The molecule has 0 radical (unpaired) electrons. The highest BCUT2D eigenvalue weighted by Crippen LogP contribution is 2.34. The largest absolute Gasteiger partial charge is 0.507 e. The van der Waals surface area contributed by atoms with Crippen LogP contribution in [0.1, 0.15) is 32.1 Å². The summed E-state index contributed by atoms with van der Waals surface area (Å²) >= 11 is 0. The van der Waals surface area contributed by atoms with Crippen molar-refractivity contribution in [3.05, 3.63) is 24.3 Å². The predicted octanol–water partition coefficient (Wildman–Crippen LogP) is 1.72. The Labute approximate surface area is 164 Å². The standard InChI is InChI=1S/C20H27N5O3/c21-20-23-15(9-19(24-20)22-12-4-2-1-3-5-12)14-8-13(6-7-16(14)26)25-10-17(27)18(28)11-25/h6-9,12,17-18,26-28H,1-5,10-11H2,(H3,21,22,23,24)/t17-,18-/m0/s1. The van der Waals surface area contributed by atoms with Gasteiger partial charge in [0.2, 0.25) is 5.95 Å². The molecule has 1 aromatic heterocycles. The molecule has 8 nitrogen and oxygen atoms in total. The van der Waals surface area contributed by atoms with Gasteiger partial charge in [0.05, 0.1) is 17.9 Å². The summed E-state index contributed by atoms with van der Waals surface area (Å²) in [6.07, 6.45) is 4.36. The van der Waals surface area contributed by atoms with Gasteiger partial charge in [-0.2, -0.15) is 4.98 Å². The van der Waals surface area contributed by atoms with Gasteiger partial charge in [0.1, 0.15) is 11.6 Å². The van der Waals surface area contributed by atoms with Crippen molar-refractivity contribution in [2.45, 2.75) is 50.4 Å². The molecule has 2 atom stereocenters. The number of aliphatic hydroxyl groups excluding tert-OH is 2. The summed E-state index contributed by atoms with van der Waals surface area (Å²) in [6.45, 7) is 0.678.